The van der Waals surface area contributed by atoms with Crippen LogP contribution in [-0.2, 0) is 0 Å². The second-order valence-electron chi connectivity index (χ2n) is 5.17. The summed E-state index contributed by atoms with van der Waals surface area (Å²) < 4.78 is 5.43. The number of nitrogens with two attached hydrogens (primary N) is 1. The van der Waals surface area contributed by atoms with Crippen LogP contribution in [0.15, 0.2) is 18.2 Å². The van der Waals surface area contributed by atoms with E-state index in [1.807, 2.05) is 6.07 Å². The highest BCUT2D eigenvalue weighted by Gasteiger charge is 2.24. The summed E-state index contributed by atoms with van der Waals surface area (Å²) in [5.41, 5.74) is 8.87. The first kappa shape index (κ1) is 12.4. The van der Waals surface area contributed by atoms with E-state index in [2.05, 4.69) is 19.1 Å². The minimum Gasteiger partial charge on any atom is -0.496 e. The first-order chi connectivity index (χ1) is 8.22. The molecule has 1 atom stereocenters. The average molecular weight is 233 g/mol. The van der Waals surface area contributed by atoms with E-state index in [4.69, 9.17) is 10.5 Å². The Morgan fingerprint density at radius 2 is 1.94 bits per heavy atom. The molecule has 1 saturated carbocycles. The Morgan fingerprint density at radius 3 is 2.59 bits per heavy atom. The predicted molar refractivity (Wildman–Crippen MR) is 71.2 cm³/mol. The van der Waals surface area contributed by atoms with Gasteiger partial charge in [-0.1, -0.05) is 37.0 Å². The van der Waals surface area contributed by atoms with Crippen molar-refractivity contribution in [2.75, 3.05) is 7.11 Å². The van der Waals surface area contributed by atoms with Gasteiger partial charge in [-0.15, -0.1) is 0 Å². The number of rotatable bonds is 3. The smallest absolute Gasteiger partial charge is 0.123 e. The first-order valence-corrected chi connectivity index (χ1v) is 6.62. The van der Waals surface area contributed by atoms with Gasteiger partial charge in [-0.25, -0.2) is 0 Å². The molecule has 17 heavy (non-hydrogen) atoms. The molecule has 0 aromatic heterocycles. The van der Waals surface area contributed by atoms with Crippen molar-refractivity contribution >= 4 is 0 Å². The minimum atomic E-state index is 0.130. The van der Waals surface area contributed by atoms with Crippen molar-refractivity contribution in [2.24, 2.45) is 11.7 Å². The van der Waals surface area contributed by atoms with Crippen LogP contribution < -0.4 is 10.5 Å². The lowest BCUT2D eigenvalue weighted by molar-refractivity contribution is 0.301. The van der Waals surface area contributed by atoms with E-state index in [0.717, 1.165) is 5.75 Å². The number of ether oxygens (including phenoxy) is 1. The van der Waals surface area contributed by atoms with Gasteiger partial charge < -0.3 is 10.5 Å². The topological polar surface area (TPSA) is 35.2 Å². The zero-order chi connectivity index (χ0) is 12.3. The fraction of sp³-hybridized carbons (Fsp3) is 0.600. The zero-order valence-electron chi connectivity index (χ0n) is 10.9. The average Bonchev–Trinajstić information content (AvgIpc) is 2.39. The van der Waals surface area contributed by atoms with Crippen molar-refractivity contribution < 1.29 is 4.74 Å². The Labute approximate surface area is 104 Å². The van der Waals surface area contributed by atoms with Crippen molar-refractivity contribution in [3.63, 3.8) is 0 Å². The summed E-state index contributed by atoms with van der Waals surface area (Å²) >= 11 is 0. The van der Waals surface area contributed by atoms with E-state index in [1.165, 1.54) is 43.2 Å². The van der Waals surface area contributed by atoms with Gasteiger partial charge in [0.1, 0.15) is 5.75 Å². The largest absolute Gasteiger partial charge is 0.496 e. The summed E-state index contributed by atoms with van der Waals surface area (Å²) in [5.74, 6) is 1.56. The molecular weight excluding hydrogens is 210 g/mol. The molecule has 2 N–H and O–H groups in total. The molecule has 0 heterocycles. The third-order valence-electron chi connectivity index (χ3n) is 3.90. The second-order valence-corrected chi connectivity index (χ2v) is 5.17. The first-order valence-electron chi connectivity index (χ1n) is 6.62. The Balaban J connectivity index is 2.21. The fourth-order valence-electron chi connectivity index (χ4n) is 2.86. The van der Waals surface area contributed by atoms with E-state index in [-0.39, 0.29) is 6.04 Å². The molecule has 2 nitrogen and oxygen atoms in total. The highest BCUT2D eigenvalue weighted by Crippen LogP contribution is 2.36. The van der Waals surface area contributed by atoms with Crippen LogP contribution in [0.25, 0.3) is 0 Å². The monoisotopic (exact) mass is 233 g/mol. The van der Waals surface area contributed by atoms with Crippen molar-refractivity contribution in [1.29, 1.82) is 0 Å². The summed E-state index contributed by atoms with van der Waals surface area (Å²) in [4.78, 5) is 0. The van der Waals surface area contributed by atoms with Gasteiger partial charge in [0.05, 0.1) is 7.11 Å². The number of benzene rings is 1. The summed E-state index contributed by atoms with van der Waals surface area (Å²) in [6.45, 7) is 2.11. The molecule has 94 valence electrons. The van der Waals surface area contributed by atoms with Gasteiger partial charge in [-0.05, 0) is 31.7 Å². The summed E-state index contributed by atoms with van der Waals surface area (Å²) in [7, 11) is 1.72. The number of aryl methyl sites for hydroxylation is 1. The van der Waals surface area contributed by atoms with Crippen LogP contribution in [-0.4, -0.2) is 7.11 Å². The van der Waals surface area contributed by atoms with E-state index < -0.39 is 0 Å². The maximum absolute atomic E-state index is 6.44. The molecule has 2 heteroatoms. The van der Waals surface area contributed by atoms with Crippen LogP contribution in [0.1, 0.15) is 49.3 Å². The normalized spacial score (nSPS) is 19.0. The standard InChI is InChI=1S/C15H23NO/c1-11-8-9-14(17-2)13(10-11)15(16)12-6-4-3-5-7-12/h8-10,12,15H,3-7,16H2,1-2H3. The van der Waals surface area contributed by atoms with E-state index in [1.54, 1.807) is 7.11 Å². The van der Waals surface area contributed by atoms with Gasteiger partial charge in [0.25, 0.3) is 0 Å². The SMILES string of the molecule is COc1ccc(C)cc1C(N)C1CCCCC1. The summed E-state index contributed by atoms with van der Waals surface area (Å²) in [6.07, 6.45) is 6.55. The van der Waals surface area contributed by atoms with Crippen molar-refractivity contribution in [3.05, 3.63) is 29.3 Å². The Bertz CT molecular complexity index is 369. The third-order valence-corrected chi connectivity index (χ3v) is 3.90. The van der Waals surface area contributed by atoms with E-state index >= 15 is 0 Å². The highest BCUT2D eigenvalue weighted by molar-refractivity contribution is 5.39. The molecule has 1 aliphatic carbocycles. The Morgan fingerprint density at radius 1 is 1.24 bits per heavy atom. The van der Waals surface area contributed by atoms with Gasteiger partial charge >= 0.3 is 0 Å². The lowest BCUT2D eigenvalue weighted by Crippen LogP contribution is -2.24. The number of hydrogen-bond acceptors (Lipinski definition) is 2. The molecule has 0 saturated heterocycles. The Kier molecular flexibility index (Phi) is 4.06. The van der Waals surface area contributed by atoms with Crippen molar-refractivity contribution in [2.45, 2.75) is 45.1 Å². The van der Waals surface area contributed by atoms with Crippen LogP contribution in [0, 0.1) is 12.8 Å². The maximum atomic E-state index is 6.44. The van der Waals surface area contributed by atoms with Gasteiger partial charge in [-0.3, -0.25) is 0 Å². The summed E-state index contributed by atoms with van der Waals surface area (Å²) in [6, 6.07) is 6.42. The predicted octanol–water partition coefficient (Wildman–Crippen LogP) is 3.58. The molecule has 1 aromatic carbocycles. The highest BCUT2D eigenvalue weighted by atomic mass is 16.5. The molecule has 2 rings (SSSR count). The maximum Gasteiger partial charge on any atom is 0.123 e. The molecule has 1 aromatic rings. The molecule has 0 spiro atoms. The van der Waals surface area contributed by atoms with Crippen molar-refractivity contribution in [3.8, 4) is 5.75 Å². The van der Waals surface area contributed by atoms with E-state index in [9.17, 15) is 0 Å². The van der Waals surface area contributed by atoms with E-state index in [0.29, 0.717) is 5.92 Å². The van der Waals surface area contributed by atoms with Crippen LogP contribution in [0.5, 0.6) is 5.75 Å². The zero-order valence-corrected chi connectivity index (χ0v) is 10.9. The van der Waals surface area contributed by atoms with Crippen LogP contribution in [0.2, 0.25) is 0 Å². The minimum absolute atomic E-state index is 0.130. The molecule has 0 bridgehead atoms. The molecular formula is C15H23NO. The lowest BCUT2D eigenvalue weighted by Gasteiger charge is -2.28. The Hall–Kier alpha value is -1.02. The van der Waals surface area contributed by atoms with Crippen LogP contribution in [0.4, 0.5) is 0 Å². The van der Waals surface area contributed by atoms with Gasteiger partial charge in [-0.2, -0.15) is 0 Å². The fourth-order valence-corrected chi connectivity index (χ4v) is 2.86. The number of methoxy groups -OCH3 is 1. The van der Waals surface area contributed by atoms with Crippen LogP contribution >= 0.6 is 0 Å². The second kappa shape index (κ2) is 5.54. The molecule has 1 unspecified atom stereocenters. The van der Waals surface area contributed by atoms with Crippen LogP contribution in [0.3, 0.4) is 0 Å². The van der Waals surface area contributed by atoms with Gasteiger partial charge in [0, 0.05) is 11.6 Å². The lowest BCUT2D eigenvalue weighted by atomic mass is 9.81. The quantitative estimate of drug-likeness (QED) is 0.866. The molecule has 0 radical (unpaired) electrons. The molecule has 1 fully saturated rings. The third kappa shape index (κ3) is 2.81. The van der Waals surface area contributed by atoms with Gasteiger partial charge in [0.15, 0.2) is 0 Å². The molecule has 1 aliphatic rings. The summed E-state index contributed by atoms with van der Waals surface area (Å²) in [5, 5.41) is 0. The molecule has 0 aliphatic heterocycles. The molecule has 0 amide bonds. The van der Waals surface area contributed by atoms with Gasteiger partial charge in [0.2, 0.25) is 0 Å². The van der Waals surface area contributed by atoms with Crippen molar-refractivity contribution in [1.82, 2.24) is 0 Å². The number of hydrogen-bond donors (Lipinski definition) is 1.